The van der Waals surface area contributed by atoms with E-state index in [-0.39, 0.29) is 77.7 Å². The molecule has 1 amide bonds. The first-order valence-electron chi connectivity index (χ1n) is 17.1. The van der Waals surface area contributed by atoms with Gasteiger partial charge in [0.2, 0.25) is 5.91 Å². The van der Waals surface area contributed by atoms with Gasteiger partial charge in [-0.15, -0.1) is 0 Å². The van der Waals surface area contributed by atoms with E-state index in [1.54, 1.807) is 0 Å². The molecule has 0 saturated heterocycles. The van der Waals surface area contributed by atoms with Crippen molar-refractivity contribution in [3.8, 4) is 0 Å². The zero-order valence-corrected chi connectivity index (χ0v) is 28.4. The van der Waals surface area contributed by atoms with Gasteiger partial charge in [-0.1, -0.05) is 46.3 Å². The Morgan fingerprint density at radius 2 is 1.64 bits per heavy atom. The number of carbonyl (C=O) groups excluding carboxylic acids is 3. The Bertz CT molecular complexity index is 1210. The van der Waals surface area contributed by atoms with E-state index in [0.717, 1.165) is 51.4 Å². The summed E-state index contributed by atoms with van der Waals surface area (Å²) in [5.41, 5.74) is -1.29. The fourth-order valence-electron chi connectivity index (χ4n) is 11.9. The van der Waals surface area contributed by atoms with E-state index in [4.69, 9.17) is 9.47 Å². The van der Waals surface area contributed by atoms with Crippen LogP contribution in [0.15, 0.2) is 11.6 Å². The summed E-state index contributed by atoms with van der Waals surface area (Å²) in [4.78, 5) is 38.1. The van der Waals surface area contributed by atoms with E-state index in [9.17, 15) is 24.6 Å². The molecule has 0 bridgehead atoms. The van der Waals surface area contributed by atoms with Gasteiger partial charge in [0.1, 0.15) is 12.7 Å². The maximum Gasteiger partial charge on any atom is 0.302 e. The lowest BCUT2D eigenvalue weighted by Gasteiger charge is -2.72. The summed E-state index contributed by atoms with van der Waals surface area (Å²) < 4.78 is 11.6. The number of carbonyl (C=O) groups is 3. The van der Waals surface area contributed by atoms with Gasteiger partial charge in [-0.3, -0.25) is 14.4 Å². The van der Waals surface area contributed by atoms with Crippen molar-refractivity contribution in [2.75, 3.05) is 19.8 Å². The fraction of sp³-hybridized carbons (Fsp3) is 0.861. The molecule has 5 rings (SSSR count). The Morgan fingerprint density at radius 1 is 0.932 bits per heavy atom. The van der Waals surface area contributed by atoms with Gasteiger partial charge in [0.05, 0.1) is 17.6 Å². The van der Waals surface area contributed by atoms with Gasteiger partial charge in [-0.05, 0) is 98.7 Å². The van der Waals surface area contributed by atoms with E-state index < -0.39 is 16.4 Å². The van der Waals surface area contributed by atoms with Gasteiger partial charge >= 0.3 is 11.9 Å². The first-order valence-corrected chi connectivity index (χ1v) is 17.1. The number of nitrogens with one attached hydrogen (secondary N) is 1. The third-order valence-corrected chi connectivity index (χ3v) is 14.5. The van der Waals surface area contributed by atoms with Crippen LogP contribution in [-0.2, 0) is 23.9 Å². The van der Waals surface area contributed by atoms with Gasteiger partial charge in [0.25, 0.3) is 0 Å². The maximum atomic E-state index is 13.9. The first kappa shape index (κ1) is 33.4. The molecule has 3 N–H and O–H groups in total. The van der Waals surface area contributed by atoms with Crippen LogP contribution in [0, 0.1) is 50.7 Å². The molecule has 0 aromatic carbocycles. The van der Waals surface area contributed by atoms with Crippen LogP contribution in [0.2, 0.25) is 0 Å². The summed E-state index contributed by atoms with van der Waals surface area (Å²) in [6.07, 6.45) is 9.66. The zero-order chi connectivity index (χ0) is 32.5. The Hall–Kier alpha value is -1.93. The third kappa shape index (κ3) is 4.62. The van der Waals surface area contributed by atoms with Crippen molar-refractivity contribution in [3.05, 3.63) is 11.6 Å². The molecule has 0 aromatic heterocycles. The smallest absolute Gasteiger partial charge is 0.302 e. The Labute approximate surface area is 264 Å². The molecule has 44 heavy (non-hydrogen) atoms. The van der Waals surface area contributed by atoms with Gasteiger partial charge < -0.3 is 25.0 Å². The molecule has 5 aliphatic carbocycles. The van der Waals surface area contributed by atoms with Crippen LogP contribution in [0.5, 0.6) is 0 Å². The predicted octanol–water partition coefficient (Wildman–Crippen LogP) is 5.34. The van der Waals surface area contributed by atoms with Crippen molar-refractivity contribution in [2.45, 2.75) is 125 Å². The molecule has 0 spiro atoms. The van der Waals surface area contributed by atoms with E-state index in [2.05, 4.69) is 46.0 Å². The van der Waals surface area contributed by atoms with Crippen molar-refractivity contribution >= 4 is 17.8 Å². The van der Waals surface area contributed by atoms with Crippen LogP contribution in [0.25, 0.3) is 0 Å². The molecular weight excluding hydrogens is 558 g/mol. The summed E-state index contributed by atoms with van der Waals surface area (Å²) in [5.74, 6) is -0.317. The Balaban J connectivity index is 1.58. The van der Waals surface area contributed by atoms with Crippen LogP contribution in [0.1, 0.15) is 113 Å². The van der Waals surface area contributed by atoms with Crippen LogP contribution in [0.4, 0.5) is 0 Å². The Kier molecular flexibility index (Phi) is 8.44. The molecule has 4 fully saturated rings. The number of aliphatic hydroxyl groups is 2. The second-order valence-electron chi connectivity index (χ2n) is 16.5. The van der Waals surface area contributed by atoms with E-state index in [0.29, 0.717) is 12.3 Å². The highest BCUT2D eigenvalue weighted by atomic mass is 16.6. The van der Waals surface area contributed by atoms with Gasteiger partial charge in [0.15, 0.2) is 0 Å². The lowest BCUT2D eigenvalue weighted by molar-refractivity contribution is -0.230. The molecule has 0 aliphatic heterocycles. The number of aliphatic hydroxyl groups excluding tert-OH is 1. The quantitative estimate of drug-likeness (QED) is 0.272. The van der Waals surface area contributed by atoms with Gasteiger partial charge in [0, 0.05) is 31.7 Å². The minimum absolute atomic E-state index is 0.0281. The fourth-order valence-corrected chi connectivity index (χ4v) is 11.9. The van der Waals surface area contributed by atoms with Crippen molar-refractivity contribution in [2.24, 2.45) is 50.7 Å². The molecule has 0 aromatic rings. The van der Waals surface area contributed by atoms with Crippen LogP contribution >= 0.6 is 0 Å². The minimum Gasteiger partial charge on any atom is -0.465 e. The molecular formula is C36H57NO7. The lowest BCUT2D eigenvalue weighted by Crippen LogP contribution is -2.69. The predicted molar refractivity (Wildman–Crippen MR) is 167 cm³/mol. The number of hydrogen-bond acceptors (Lipinski definition) is 7. The van der Waals surface area contributed by atoms with E-state index in [1.165, 1.54) is 19.4 Å². The second-order valence-corrected chi connectivity index (χ2v) is 16.5. The standard InChI is InChI=1S/C36H57NO7/c1-22-11-16-36(30(41)37-19-20-38)18-17-33(6)25(29(36)35(22,8)42)9-10-27-31(4)14-13-28(44-24(3)40)32(5,21-43-23(2)39)26(31)12-15-34(27,33)7/h9,22,26-29,38,42H,10-21H2,1-8H3,(H,37,41)/t22-,26-,27-,28+,29-,31+,32+,33-,34-,35-,36+/m1/s1. The lowest BCUT2D eigenvalue weighted by atomic mass is 9.33. The number of amides is 1. The van der Waals surface area contributed by atoms with Crippen molar-refractivity contribution in [3.63, 3.8) is 0 Å². The van der Waals surface area contributed by atoms with E-state index in [1.807, 2.05) is 6.92 Å². The van der Waals surface area contributed by atoms with Crippen LogP contribution < -0.4 is 5.32 Å². The zero-order valence-electron chi connectivity index (χ0n) is 28.4. The molecule has 8 nitrogen and oxygen atoms in total. The number of allylic oxidation sites excluding steroid dienone is 1. The molecule has 5 aliphatic rings. The highest BCUT2D eigenvalue weighted by Gasteiger charge is 2.71. The van der Waals surface area contributed by atoms with Crippen molar-refractivity contribution < 1.29 is 34.1 Å². The summed E-state index contributed by atoms with van der Waals surface area (Å²) in [6, 6.07) is 0. The minimum atomic E-state index is -1.03. The highest BCUT2D eigenvalue weighted by Crippen LogP contribution is 2.76. The molecule has 0 heterocycles. The summed E-state index contributed by atoms with van der Waals surface area (Å²) in [5, 5.41) is 24.8. The molecule has 0 radical (unpaired) electrons. The topological polar surface area (TPSA) is 122 Å². The molecule has 0 unspecified atom stereocenters. The van der Waals surface area contributed by atoms with Crippen molar-refractivity contribution in [1.29, 1.82) is 0 Å². The maximum absolute atomic E-state index is 13.9. The average molecular weight is 616 g/mol. The number of esters is 2. The average Bonchev–Trinajstić information content (AvgIpc) is 2.94. The number of fused-ring (bicyclic) bond motifs is 7. The second kappa shape index (κ2) is 11.1. The number of ether oxygens (including phenoxy) is 2. The van der Waals surface area contributed by atoms with Crippen LogP contribution in [-0.4, -0.2) is 59.5 Å². The SMILES string of the molecule is CC(=O)OC[C@@]1(C)[C@@H]2CC[C@]3(C)[C@H](CC=C4[C@H]5[C@](C(=O)NCCO)(CC[C@@H](C)[C@@]5(C)O)CC[C@]43C)[C@@]2(C)CC[C@@H]1OC(C)=O. The summed E-state index contributed by atoms with van der Waals surface area (Å²) >= 11 is 0. The molecule has 11 atom stereocenters. The molecule has 4 saturated carbocycles. The van der Waals surface area contributed by atoms with Crippen LogP contribution in [0.3, 0.4) is 0 Å². The first-order chi connectivity index (χ1) is 20.4. The van der Waals surface area contributed by atoms with Gasteiger partial charge in [-0.2, -0.15) is 0 Å². The number of hydrogen-bond donors (Lipinski definition) is 3. The number of rotatable bonds is 6. The monoisotopic (exact) mass is 615 g/mol. The molecule has 8 heteroatoms. The Morgan fingerprint density at radius 3 is 2.27 bits per heavy atom. The molecule has 248 valence electrons. The summed E-state index contributed by atoms with van der Waals surface area (Å²) in [7, 11) is 0. The largest absolute Gasteiger partial charge is 0.465 e. The van der Waals surface area contributed by atoms with E-state index >= 15 is 0 Å². The van der Waals surface area contributed by atoms with Crippen molar-refractivity contribution in [1.82, 2.24) is 5.32 Å². The summed E-state index contributed by atoms with van der Waals surface area (Å²) in [6.45, 7) is 16.8. The van der Waals surface area contributed by atoms with Gasteiger partial charge in [-0.25, -0.2) is 0 Å². The normalized spacial score (nSPS) is 48.0. The third-order valence-electron chi connectivity index (χ3n) is 14.5. The highest BCUT2D eigenvalue weighted by molar-refractivity contribution is 5.84.